The van der Waals surface area contributed by atoms with Crippen molar-refractivity contribution >= 4 is 46.7 Å². The highest BCUT2D eigenvalue weighted by Gasteiger charge is 2.09. The van der Waals surface area contributed by atoms with Gasteiger partial charge in [-0.1, -0.05) is 41.9 Å². The van der Waals surface area contributed by atoms with Gasteiger partial charge in [0, 0.05) is 17.9 Å². The molecule has 2 aromatic carbocycles. The Morgan fingerprint density at radius 3 is 2.47 bits per heavy atom. The van der Waals surface area contributed by atoms with Crippen LogP contribution in [0.2, 0.25) is 5.02 Å². The predicted octanol–water partition coefficient (Wildman–Crippen LogP) is 3.40. The van der Waals surface area contributed by atoms with E-state index in [1.165, 1.54) is 5.56 Å². The van der Waals surface area contributed by atoms with E-state index in [9.17, 15) is 14.4 Å². The molecule has 0 heterocycles. The quantitative estimate of drug-likeness (QED) is 0.186. The molecular formula is C24H28ClN3O5S. The molecule has 0 aromatic heterocycles. The van der Waals surface area contributed by atoms with E-state index in [1.54, 1.807) is 18.2 Å². The normalized spacial score (nSPS) is 10.2. The van der Waals surface area contributed by atoms with Crippen molar-refractivity contribution in [3.05, 3.63) is 64.7 Å². The number of thiocarbonyl (C=S) groups is 1. The topological polar surface area (TPSA) is 106 Å². The van der Waals surface area contributed by atoms with Gasteiger partial charge in [-0.25, -0.2) is 0 Å². The lowest BCUT2D eigenvalue weighted by atomic mass is 10.1. The summed E-state index contributed by atoms with van der Waals surface area (Å²) < 4.78 is 10.5. The van der Waals surface area contributed by atoms with Crippen LogP contribution in [0, 0.1) is 6.92 Å². The number of carbonyl (C=O) groups excluding carboxylic acids is 3. The summed E-state index contributed by atoms with van der Waals surface area (Å²) in [6.07, 6.45) is 2.13. The van der Waals surface area contributed by atoms with Gasteiger partial charge < -0.3 is 14.8 Å². The van der Waals surface area contributed by atoms with Crippen LogP contribution in [-0.4, -0.2) is 36.1 Å². The Morgan fingerprint density at radius 2 is 1.74 bits per heavy atom. The summed E-state index contributed by atoms with van der Waals surface area (Å²) in [5, 5.41) is 2.97. The summed E-state index contributed by atoms with van der Waals surface area (Å²) in [7, 11) is 0. The van der Waals surface area contributed by atoms with Gasteiger partial charge >= 0.3 is 5.97 Å². The maximum atomic E-state index is 11.9. The predicted molar refractivity (Wildman–Crippen MR) is 133 cm³/mol. The molecule has 0 bridgehead atoms. The Hall–Kier alpha value is -3.17. The first-order chi connectivity index (χ1) is 16.3. The average Bonchev–Trinajstić information content (AvgIpc) is 2.82. The van der Waals surface area contributed by atoms with Crippen molar-refractivity contribution in [1.29, 1.82) is 0 Å². The fourth-order valence-corrected chi connectivity index (χ4v) is 3.09. The van der Waals surface area contributed by atoms with E-state index in [1.807, 2.05) is 37.3 Å². The maximum Gasteiger partial charge on any atom is 0.305 e. The molecule has 2 amide bonds. The average molecular weight is 506 g/mol. The van der Waals surface area contributed by atoms with Crippen molar-refractivity contribution in [2.24, 2.45) is 0 Å². The molecule has 10 heteroatoms. The Labute approximate surface area is 209 Å². The number of rotatable bonds is 11. The molecule has 2 aromatic rings. The summed E-state index contributed by atoms with van der Waals surface area (Å²) in [6.45, 7) is 1.92. The number of amides is 2. The molecule has 0 fully saturated rings. The molecule has 0 atom stereocenters. The first kappa shape index (κ1) is 27.1. The Morgan fingerprint density at radius 1 is 0.971 bits per heavy atom. The minimum Gasteiger partial charge on any atom is -0.484 e. The summed E-state index contributed by atoms with van der Waals surface area (Å²) >= 11 is 10.9. The van der Waals surface area contributed by atoms with E-state index in [4.69, 9.17) is 33.3 Å². The molecule has 0 radical (unpaired) electrons. The molecule has 3 N–H and O–H groups in total. The third kappa shape index (κ3) is 11.1. The molecule has 0 saturated heterocycles. The largest absolute Gasteiger partial charge is 0.484 e. The highest BCUT2D eigenvalue weighted by molar-refractivity contribution is 7.80. The second-order valence-electron chi connectivity index (χ2n) is 7.41. The second-order valence-corrected chi connectivity index (χ2v) is 8.23. The van der Waals surface area contributed by atoms with Crippen LogP contribution in [0.15, 0.2) is 48.5 Å². The summed E-state index contributed by atoms with van der Waals surface area (Å²) in [6, 6.07) is 15.0. The maximum absolute atomic E-state index is 11.9. The van der Waals surface area contributed by atoms with Crippen molar-refractivity contribution in [3.63, 3.8) is 0 Å². The van der Waals surface area contributed by atoms with Crippen LogP contribution in [0.4, 0.5) is 0 Å². The van der Waals surface area contributed by atoms with E-state index in [-0.39, 0.29) is 36.4 Å². The van der Waals surface area contributed by atoms with Gasteiger partial charge in [-0.3, -0.25) is 25.2 Å². The summed E-state index contributed by atoms with van der Waals surface area (Å²) in [5.74, 6) is -0.705. The van der Waals surface area contributed by atoms with Gasteiger partial charge in [0.05, 0.1) is 6.61 Å². The fraction of sp³-hybridized carbons (Fsp3) is 0.333. The molecule has 0 aliphatic rings. The van der Waals surface area contributed by atoms with Gasteiger partial charge in [0.2, 0.25) is 5.91 Å². The number of hydrogen-bond donors (Lipinski definition) is 3. The minimum absolute atomic E-state index is 0.0656. The van der Waals surface area contributed by atoms with Crippen LogP contribution in [0.3, 0.4) is 0 Å². The van der Waals surface area contributed by atoms with Gasteiger partial charge in [-0.15, -0.1) is 0 Å². The number of ether oxygens (including phenoxy) is 2. The van der Waals surface area contributed by atoms with Gasteiger partial charge in [0.25, 0.3) is 5.91 Å². The van der Waals surface area contributed by atoms with Crippen LogP contribution in [0.25, 0.3) is 0 Å². The van der Waals surface area contributed by atoms with E-state index >= 15 is 0 Å². The molecular weight excluding hydrogens is 478 g/mol. The molecule has 0 aliphatic carbocycles. The Balaban J connectivity index is 1.51. The standard InChI is InChI=1S/C24H28ClN3O5S/c1-17-15-19(12-13-20(17)25)33-16-22(30)27-28-24(34)26-21(29)10-5-11-23(31)32-14-6-9-18-7-3-2-4-8-18/h2-4,7-8,12-13,15H,5-6,9-11,14,16H2,1H3,(H,27,30)(H2,26,28,29,34). The third-order valence-corrected chi connectivity index (χ3v) is 5.20. The minimum atomic E-state index is -0.487. The van der Waals surface area contributed by atoms with Crippen molar-refractivity contribution in [1.82, 2.24) is 16.2 Å². The summed E-state index contributed by atoms with van der Waals surface area (Å²) in [4.78, 5) is 35.6. The number of nitrogens with one attached hydrogen (secondary N) is 3. The molecule has 8 nitrogen and oxygen atoms in total. The Kier molecular flexibility index (Phi) is 11.8. The summed E-state index contributed by atoms with van der Waals surface area (Å²) in [5.41, 5.74) is 6.78. The second kappa shape index (κ2) is 14.9. The molecule has 0 aliphatic heterocycles. The van der Waals surface area contributed by atoms with Crippen molar-refractivity contribution in [2.45, 2.75) is 39.0 Å². The van der Waals surface area contributed by atoms with E-state index in [0.717, 1.165) is 18.4 Å². The number of benzene rings is 2. The molecule has 182 valence electrons. The molecule has 2 rings (SSSR count). The first-order valence-corrected chi connectivity index (χ1v) is 11.6. The van der Waals surface area contributed by atoms with Crippen molar-refractivity contribution in [2.75, 3.05) is 13.2 Å². The van der Waals surface area contributed by atoms with Gasteiger partial charge in [-0.2, -0.15) is 0 Å². The monoisotopic (exact) mass is 505 g/mol. The third-order valence-electron chi connectivity index (χ3n) is 4.57. The highest BCUT2D eigenvalue weighted by Crippen LogP contribution is 2.20. The van der Waals surface area contributed by atoms with Crippen LogP contribution >= 0.6 is 23.8 Å². The van der Waals surface area contributed by atoms with E-state index in [0.29, 0.717) is 23.8 Å². The number of aryl methyl sites for hydroxylation is 2. The van der Waals surface area contributed by atoms with Gasteiger partial charge in [0.15, 0.2) is 11.7 Å². The van der Waals surface area contributed by atoms with Crippen molar-refractivity contribution < 1.29 is 23.9 Å². The molecule has 34 heavy (non-hydrogen) atoms. The Bertz CT molecular complexity index is 988. The van der Waals surface area contributed by atoms with Crippen LogP contribution < -0.4 is 20.9 Å². The van der Waals surface area contributed by atoms with E-state index < -0.39 is 5.91 Å². The molecule has 0 unspecified atom stereocenters. The smallest absolute Gasteiger partial charge is 0.305 e. The lowest BCUT2D eigenvalue weighted by Gasteiger charge is -2.12. The van der Waals surface area contributed by atoms with Crippen molar-refractivity contribution in [3.8, 4) is 5.75 Å². The van der Waals surface area contributed by atoms with Gasteiger partial charge in [0.1, 0.15) is 5.75 Å². The number of esters is 1. The fourth-order valence-electron chi connectivity index (χ4n) is 2.81. The number of halogens is 1. The SMILES string of the molecule is Cc1cc(OCC(=O)NNC(=S)NC(=O)CCCC(=O)OCCCc2ccccc2)ccc1Cl. The number of carbonyl (C=O) groups is 3. The number of hydrogen-bond acceptors (Lipinski definition) is 6. The van der Waals surface area contributed by atoms with Gasteiger partial charge in [-0.05, 0) is 67.7 Å². The number of hydrazine groups is 1. The highest BCUT2D eigenvalue weighted by atomic mass is 35.5. The lowest BCUT2D eigenvalue weighted by molar-refractivity contribution is -0.143. The van der Waals surface area contributed by atoms with Crippen LogP contribution in [0.1, 0.15) is 36.8 Å². The van der Waals surface area contributed by atoms with Crippen LogP contribution in [0.5, 0.6) is 5.75 Å². The molecule has 0 saturated carbocycles. The first-order valence-electron chi connectivity index (χ1n) is 10.8. The lowest BCUT2D eigenvalue weighted by Crippen LogP contribution is -2.49. The van der Waals surface area contributed by atoms with Crippen LogP contribution in [-0.2, 0) is 25.5 Å². The zero-order valence-corrected chi connectivity index (χ0v) is 20.5. The zero-order valence-electron chi connectivity index (χ0n) is 18.9. The zero-order chi connectivity index (χ0) is 24.8. The van der Waals surface area contributed by atoms with E-state index in [2.05, 4.69) is 16.2 Å². The molecule has 0 spiro atoms.